The van der Waals surface area contributed by atoms with Crippen molar-refractivity contribution >= 4 is 17.6 Å². The summed E-state index contributed by atoms with van der Waals surface area (Å²) in [6, 6.07) is -0.832. The van der Waals surface area contributed by atoms with E-state index in [0.717, 1.165) is 23.7 Å². The SMILES string of the molecule is CCC(CC)NC(=O)C(C)n1cc([N+](=O)[O-])c(C(=O)O)n1. The van der Waals surface area contributed by atoms with Gasteiger partial charge in [-0.1, -0.05) is 13.8 Å². The first-order valence-corrected chi connectivity index (χ1v) is 6.58. The molecule has 1 atom stereocenters. The molecule has 21 heavy (non-hydrogen) atoms. The predicted octanol–water partition coefficient (Wildman–Crippen LogP) is 1.36. The number of nitro groups is 1. The van der Waals surface area contributed by atoms with Crippen molar-refractivity contribution in [3.05, 3.63) is 22.0 Å². The normalized spacial score (nSPS) is 12.2. The molecule has 0 aliphatic rings. The number of aromatic carboxylic acids is 1. The van der Waals surface area contributed by atoms with E-state index in [-0.39, 0.29) is 11.9 Å². The van der Waals surface area contributed by atoms with Crippen molar-refractivity contribution in [1.29, 1.82) is 0 Å². The molecule has 0 aromatic carbocycles. The summed E-state index contributed by atoms with van der Waals surface area (Å²) in [5, 5.41) is 26.1. The molecule has 1 unspecified atom stereocenters. The monoisotopic (exact) mass is 298 g/mol. The summed E-state index contributed by atoms with van der Waals surface area (Å²) in [6.45, 7) is 5.36. The van der Waals surface area contributed by atoms with Gasteiger partial charge in [-0.2, -0.15) is 5.10 Å². The van der Waals surface area contributed by atoms with Gasteiger partial charge in [0.2, 0.25) is 11.6 Å². The summed E-state index contributed by atoms with van der Waals surface area (Å²) in [7, 11) is 0. The van der Waals surface area contributed by atoms with Crippen molar-refractivity contribution in [2.24, 2.45) is 0 Å². The third kappa shape index (κ3) is 3.77. The summed E-state index contributed by atoms with van der Waals surface area (Å²) in [5.74, 6) is -1.87. The van der Waals surface area contributed by atoms with Gasteiger partial charge in [-0.25, -0.2) is 4.79 Å². The van der Waals surface area contributed by atoms with E-state index in [1.54, 1.807) is 0 Å². The molecular weight excluding hydrogens is 280 g/mol. The minimum atomic E-state index is -1.51. The fourth-order valence-electron chi connectivity index (χ4n) is 1.80. The molecular formula is C12H18N4O5. The van der Waals surface area contributed by atoms with Gasteiger partial charge >= 0.3 is 11.7 Å². The highest BCUT2D eigenvalue weighted by Gasteiger charge is 2.28. The van der Waals surface area contributed by atoms with Crippen LogP contribution in [0.4, 0.5) is 5.69 Å². The number of hydrogen-bond acceptors (Lipinski definition) is 5. The second kappa shape index (κ2) is 6.82. The minimum Gasteiger partial charge on any atom is -0.476 e. The summed E-state index contributed by atoms with van der Waals surface area (Å²) >= 11 is 0. The number of hydrogen-bond donors (Lipinski definition) is 2. The molecule has 0 aliphatic carbocycles. The minimum absolute atomic E-state index is 0.00411. The van der Waals surface area contributed by atoms with E-state index in [1.165, 1.54) is 6.92 Å². The number of nitrogens with one attached hydrogen (secondary N) is 1. The number of carboxylic acid groups (broad SMARTS) is 1. The van der Waals surface area contributed by atoms with Crippen molar-refractivity contribution in [3.8, 4) is 0 Å². The maximum atomic E-state index is 12.0. The first-order valence-electron chi connectivity index (χ1n) is 6.58. The quantitative estimate of drug-likeness (QED) is 0.577. The number of aromatic nitrogens is 2. The molecule has 9 heteroatoms. The first kappa shape index (κ1) is 16.6. The molecule has 116 valence electrons. The zero-order valence-corrected chi connectivity index (χ0v) is 12.1. The van der Waals surface area contributed by atoms with Crippen LogP contribution in [-0.4, -0.2) is 37.7 Å². The van der Waals surface area contributed by atoms with Crippen LogP contribution in [0.3, 0.4) is 0 Å². The van der Waals surface area contributed by atoms with Gasteiger partial charge in [-0.15, -0.1) is 0 Å². The van der Waals surface area contributed by atoms with Gasteiger partial charge in [0.05, 0.1) is 4.92 Å². The lowest BCUT2D eigenvalue weighted by Gasteiger charge is -2.18. The largest absolute Gasteiger partial charge is 0.476 e. The molecule has 9 nitrogen and oxygen atoms in total. The van der Waals surface area contributed by atoms with Gasteiger partial charge in [-0.05, 0) is 19.8 Å². The molecule has 0 saturated heterocycles. The topological polar surface area (TPSA) is 127 Å². The van der Waals surface area contributed by atoms with Gasteiger partial charge < -0.3 is 10.4 Å². The molecule has 1 rings (SSSR count). The Hall–Kier alpha value is -2.45. The highest BCUT2D eigenvalue weighted by molar-refractivity contribution is 5.90. The van der Waals surface area contributed by atoms with Crippen LogP contribution < -0.4 is 5.32 Å². The van der Waals surface area contributed by atoms with E-state index in [9.17, 15) is 19.7 Å². The van der Waals surface area contributed by atoms with Crippen LogP contribution >= 0.6 is 0 Å². The Morgan fingerprint density at radius 1 is 1.48 bits per heavy atom. The molecule has 0 fully saturated rings. The molecule has 1 heterocycles. The van der Waals surface area contributed by atoms with E-state index >= 15 is 0 Å². The maximum absolute atomic E-state index is 12.0. The second-order valence-corrected chi connectivity index (χ2v) is 4.60. The van der Waals surface area contributed by atoms with Crippen LogP contribution in [0.1, 0.15) is 50.1 Å². The van der Waals surface area contributed by atoms with Crippen LogP contribution in [0, 0.1) is 10.1 Å². The van der Waals surface area contributed by atoms with Crippen LogP contribution in [-0.2, 0) is 4.79 Å². The number of nitrogens with zero attached hydrogens (tertiary/aromatic N) is 3. The number of carbonyl (C=O) groups excluding carboxylic acids is 1. The van der Waals surface area contributed by atoms with Crippen LogP contribution in [0.15, 0.2) is 6.20 Å². The van der Waals surface area contributed by atoms with E-state index in [1.807, 2.05) is 13.8 Å². The standard InChI is InChI=1S/C12H18N4O5/c1-4-8(5-2)13-11(17)7(3)15-6-9(16(20)21)10(14-15)12(18)19/h6-8H,4-5H2,1-3H3,(H,13,17)(H,18,19). The van der Waals surface area contributed by atoms with E-state index < -0.39 is 28.3 Å². The summed E-state index contributed by atoms with van der Waals surface area (Å²) in [6.07, 6.45) is 2.48. The molecule has 0 saturated carbocycles. The van der Waals surface area contributed by atoms with Gasteiger partial charge in [-0.3, -0.25) is 19.6 Å². The highest BCUT2D eigenvalue weighted by atomic mass is 16.6. The molecule has 1 amide bonds. The molecule has 2 N–H and O–H groups in total. The maximum Gasteiger partial charge on any atom is 0.363 e. The van der Waals surface area contributed by atoms with Crippen molar-refractivity contribution < 1.29 is 19.6 Å². The Kier molecular flexibility index (Phi) is 5.39. The number of rotatable bonds is 7. The molecule has 0 radical (unpaired) electrons. The van der Waals surface area contributed by atoms with Crippen LogP contribution in [0.25, 0.3) is 0 Å². The highest BCUT2D eigenvalue weighted by Crippen LogP contribution is 2.19. The fraction of sp³-hybridized carbons (Fsp3) is 0.583. The lowest BCUT2D eigenvalue weighted by atomic mass is 10.1. The summed E-state index contributed by atoms with van der Waals surface area (Å²) in [5.41, 5.74) is -1.31. The Balaban J connectivity index is 3.00. The summed E-state index contributed by atoms with van der Waals surface area (Å²) < 4.78 is 0.999. The molecule has 0 spiro atoms. The van der Waals surface area contributed by atoms with Crippen molar-refractivity contribution in [2.75, 3.05) is 0 Å². The van der Waals surface area contributed by atoms with E-state index in [0.29, 0.717) is 0 Å². The second-order valence-electron chi connectivity index (χ2n) is 4.60. The van der Waals surface area contributed by atoms with Crippen LogP contribution in [0.5, 0.6) is 0 Å². The number of amides is 1. The average Bonchev–Trinajstić information content (AvgIpc) is 2.89. The third-order valence-electron chi connectivity index (χ3n) is 3.22. The van der Waals surface area contributed by atoms with Crippen molar-refractivity contribution in [3.63, 3.8) is 0 Å². The van der Waals surface area contributed by atoms with Crippen molar-refractivity contribution in [2.45, 2.75) is 45.7 Å². The lowest BCUT2D eigenvalue weighted by Crippen LogP contribution is -2.38. The Bertz CT molecular complexity index is 518. The van der Waals surface area contributed by atoms with Gasteiger partial charge in [0.1, 0.15) is 12.2 Å². The Morgan fingerprint density at radius 3 is 2.43 bits per heavy atom. The van der Waals surface area contributed by atoms with E-state index in [4.69, 9.17) is 5.11 Å². The Labute approximate surface area is 121 Å². The van der Waals surface area contributed by atoms with Gasteiger partial charge in [0.15, 0.2) is 0 Å². The van der Waals surface area contributed by atoms with Crippen molar-refractivity contribution in [1.82, 2.24) is 15.1 Å². The van der Waals surface area contributed by atoms with Crippen LogP contribution in [0.2, 0.25) is 0 Å². The van der Waals surface area contributed by atoms with E-state index in [2.05, 4.69) is 10.4 Å². The molecule has 0 bridgehead atoms. The third-order valence-corrected chi connectivity index (χ3v) is 3.22. The number of carbonyl (C=O) groups is 2. The predicted molar refractivity (Wildman–Crippen MR) is 73.1 cm³/mol. The fourth-order valence-corrected chi connectivity index (χ4v) is 1.80. The van der Waals surface area contributed by atoms with Gasteiger partial charge in [0.25, 0.3) is 0 Å². The zero-order chi connectivity index (χ0) is 16.2. The Morgan fingerprint density at radius 2 is 2.05 bits per heavy atom. The zero-order valence-electron chi connectivity index (χ0n) is 12.1. The molecule has 1 aromatic rings. The summed E-state index contributed by atoms with van der Waals surface area (Å²) in [4.78, 5) is 32.9. The van der Waals surface area contributed by atoms with Gasteiger partial charge in [0, 0.05) is 6.04 Å². The average molecular weight is 298 g/mol. The molecule has 1 aromatic heterocycles. The smallest absolute Gasteiger partial charge is 0.363 e. The lowest BCUT2D eigenvalue weighted by molar-refractivity contribution is -0.385. The molecule has 0 aliphatic heterocycles. The number of carboxylic acids is 1. The first-order chi connectivity index (χ1) is 9.81.